The maximum absolute atomic E-state index is 11.9. The van der Waals surface area contributed by atoms with E-state index < -0.39 is 0 Å². The minimum Gasteiger partial charge on any atom is -0.450 e. The van der Waals surface area contributed by atoms with Gasteiger partial charge in [-0.3, -0.25) is 0 Å². The molecule has 1 aromatic carbocycles. The smallest absolute Gasteiger partial charge is 0.409 e. The molecule has 1 fully saturated rings. The van der Waals surface area contributed by atoms with E-state index in [9.17, 15) is 4.79 Å². The van der Waals surface area contributed by atoms with E-state index >= 15 is 0 Å². The highest BCUT2D eigenvalue weighted by Gasteiger charge is 2.24. The third-order valence-electron chi connectivity index (χ3n) is 4.38. The lowest BCUT2D eigenvalue weighted by atomic mass is 10.1. The third kappa shape index (κ3) is 5.12. The van der Waals surface area contributed by atoms with Crippen LogP contribution in [0.15, 0.2) is 36.4 Å². The fourth-order valence-corrected chi connectivity index (χ4v) is 3.09. The van der Waals surface area contributed by atoms with Crippen molar-refractivity contribution >= 4 is 17.7 Å². The van der Waals surface area contributed by atoms with Gasteiger partial charge in [0.1, 0.15) is 11.6 Å². The van der Waals surface area contributed by atoms with Gasteiger partial charge in [-0.05, 0) is 27.7 Å². The molecule has 28 heavy (non-hydrogen) atoms. The highest BCUT2D eigenvalue weighted by Crippen LogP contribution is 2.25. The Bertz CT molecular complexity index is 796. The summed E-state index contributed by atoms with van der Waals surface area (Å²) >= 11 is 0. The number of carbonyl (C=O) groups is 1. The van der Waals surface area contributed by atoms with Gasteiger partial charge in [-0.1, -0.05) is 30.3 Å². The van der Waals surface area contributed by atoms with E-state index in [1.165, 1.54) is 0 Å². The number of amides is 1. The summed E-state index contributed by atoms with van der Waals surface area (Å²) in [6, 6.07) is 12.0. The highest BCUT2D eigenvalue weighted by molar-refractivity contribution is 5.68. The van der Waals surface area contributed by atoms with Crippen molar-refractivity contribution in [1.29, 1.82) is 0 Å². The number of hydrogen-bond donors (Lipinski definition) is 1. The van der Waals surface area contributed by atoms with Gasteiger partial charge in [0.05, 0.1) is 6.61 Å². The fraction of sp³-hybridized carbons (Fsp3) is 0.476. The summed E-state index contributed by atoms with van der Waals surface area (Å²) in [5.41, 5.74) is 0.869. The van der Waals surface area contributed by atoms with Crippen molar-refractivity contribution in [1.82, 2.24) is 14.9 Å². The normalized spacial score (nSPS) is 14.7. The molecule has 2 heterocycles. The van der Waals surface area contributed by atoms with Crippen LogP contribution in [0.4, 0.5) is 16.4 Å². The molecule has 3 rings (SSSR count). The number of aromatic nitrogens is 2. The molecule has 0 aliphatic carbocycles. The van der Waals surface area contributed by atoms with E-state index in [0.29, 0.717) is 38.6 Å². The zero-order chi connectivity index (χ0) is 20.1. The number of rotatable bonds is 4. The molecule has 0 spiro atoms. The molecule has 150 valence electrons. The SMILES string of the molecule is CCOC(=O)N1CCN(c2cc(NC(C)(C)C)nc(-c3ccccc3)n2)CC1. The second kappa shape index (κ2) is 8.46. The van der Waals surface area contributed by atoms with Gasteiger partial charge in [-0.2, -0.15) is 0 Å². The largest absolute Gasteiger partial charge is 0.450 e. The third-order valence-corrected chi connectivity index (χ3v) is 4.38. The van der Waals surface area contributed by atoms with Crippen LogP contribution >= 0.6 is 0 Å². The highest BCUT2D eigenvalue weighted by atomic mass is 16.6. The van der Waals surface area contributed by atoms with Gasteiger partial charge in [0.2, 0.25) is 0 Å². The van der Waals surface area contributed by atoms with E-state index in [2.05, 4.69) is 31.0 Å². The summed E-state index contributed by atoms with van der Waals surface area (Å²) < 4.78 is 5.11. The van der Waals surface area contributed by atoms with Gasteiger partial charge in [0, 0.05) is 43.3 Å². The molecule has 2 aromatic rings. The molecule has 0 bridgehead atoms. The van der Waals surface area contributed by atoms with Gasteiger partial charge in [-0.25, -0.2) is 14.8 Å². The van der Waals surface area contributed by atoms with Gasteiger partial charge in [0.15, 0.2) is 5.82 Å². The lowest BCUT2D eigenvalue weighted by molar-refractivity contribution is 0.105. The van der Waals surface area contributed by atoms with Crippen LogP contribution < -0.4 is 10.2 Å². The Balaban J connectivity index is 1.84. The summed E-state index contributed by atoms with van der Waals surface area (Å²) in [5, 5.41) is 3.45. The first kappa shape index (κ1) is 19.9. The average molecular weight is 383 g/mol. The minimum atomic E-state index is -0.245. The van der Waals surface area contributed by atoms with Crippen molar-refractivity contribution in [2.24, 2.45) is 0 Å². The number of hydrogen-bond acceptors (Lipinski definition) is 6. The van der Waals surface area contributed by atoms with Crippen molar-refractivity contribution in [2.45, 2.75) is 33.2 Å². The Hall–Kier alpha value is -2.83. The summed E-state index contributed by atoms with van der Waals surface area (Å²) in [7, 11) is 0. The molecule has 7 heteroatoms. The van der Waals surface area contributed by atoms with Gasteiger partial charge >= 0.3 is 6.09 Å². The van der Waals surface area contributed by atoms with E-state index in [-0.39, 0.29) is 11.6 Å². The number of nitrogens with one attached hydrogen (secondary N) is 1. The Morgan fingerprint density at radius 3 is 2.39 bits per heavy atom. The van der Waals surface area contributed by atoms with Crippen LogP contribution in [-0.4, -0.2) is 59.3 Å². The summed E-state index contributed by atoms with van der Waals surface area (Å²) in [4.78, 5) is 25.4. The zero-order valence-electron chi connectivity index (χ0n) is 17.1. The van der Waals surface area contributed by atoms with Gasteiger partial charge in [-0.15, -0.1) is 0 Å². The quantitative estimate of drug-likeness (QED) is 0.869. The average Bonchev–Trinajstić information content (AvgIpc) is 2.67. The number of benzene rings is 1. The second-order valence-electron chi connectivity index (χ2n) is 7.85. The number of piperazine rings is 1. The monoisotopic (exact) mass is 383 g/mol. The van der Waals surface area contributed by atoms with Crippen molar-refractivity contribution < 1.29 is 9.53 Å². The van der Waals surface area contributed by atoms with E-state index in [4.69, 9.17) is 14.7 Å². The van der Waals surface area contributed by atoms with Crippen LogP contribution in [0.3, 0.4) is 0 Å². The van der Waals surface area contributed by atoms with Crippen LogP contribution in [0.5, 0.6) is 0 Å². The first-order valence-electron chi connectivity index (χ1n) is 9.75. The van der Waals surface area contributed by atoms with Crippen molar-refractivity contribution in [3.8, 4) is 11.4 Å². The molecule has 1 amide bonds. The number of anilines is 2. The summed E-state index contributed by atoms with van der Waals surface area (Å²) in [6.07, 6.45) is -0.245. The predicted octanol–water partition coefficient (Wildman–Crippen LogP) is 3.63. The molecule has 1 aliphatic rings. The molecule has 0 saturated carbocycles. The van der Waals surface area contributed by atoms with Crippen molar-refractivity contribution in [3.05, 3.63) is 36.4 Å². The van der Waals surface area contributed by atoms with Crippen LogP contribution in [0.1, 0.15) is 27.7 Å². The van der Waals surface area contributed by atoms with Gasteiger partial charge in [0.25, 0.3) is 0 Å². The molecular weight excluding hydrogens is 354 g/mol. The Labute approximate surface area is 166 Å². The number of carbonyl (C=O) groups excluding carboxylic acids is 1. The molecule has 0 atom stereocenters. The maximum Gasteiger partial charge on any atom is 0.409 e. The van der Waals surface area contributed by atoms with Crippen molar-refractivity contribution in [3.63, 3.8) is 0 Å². The van der Waals surface area contributed by atoms with Gasteiger partial charge < -0.3 is 19.9 Å². The molecule has 1 N–H and O–H groups in total. The second-order valence-corrected chi connectivity index (χ2v) is 7.85. The predicted molar refractivity (Wildman–Crippen MR) is 112 cm³/mol. The first-order valence-corrected chi connectivity index (χ1v) is 9.75. The van der Waals surface area contributed by atoms with Crippen LogP contribution in [0, 0.1) is 0 Å². The zero-order valence-corrected chi connectivity index (χ0v) is 17.1. The standard InChI is InChI=1S/C21H29N5O2/c1-5-28-20(27)26-13-11-25(12-14-26)18-15-17(24-21(2,3)4)22-19(23-18)16-9-7-6-8-10-16/h6-10,15H,5,11-14H2,1-4H3,(H,22,23,24). The van der Waals surface area contributed by atoms with Crippen LogP contribution in [0.2, 0.25) is 0 Å². The topological polar surface area (TPSA) is 70.6 Å². The molecule has 0 radical (unpaired) electrons. The van der Waals surface area contributed by atoms with Crippen LogP contribution in [0.25, 0.3) is 11.4 Å². The van der Waals surface area contributed by atoms with Crippen LogP contribution in [-0.2, 0) is 4.74 Å². The number of ether oxygens (including phenoxy) is 1. The number of nitrogens with zero attached hydrogens (tertiary/aromatic N) is 4. The Morgan fingerprint density at radius 2 is 1.79 bits per heavy atom. The molecule has 1 aliphatic heterocycles. The van der Waals surface area contributed by atoms with E-state index in [0.717, 1.165) is 17.2 Å². The molecule has 1 aromatic heterocycles. The van der Waals surface area contributed by atoms with Crippen molar-refractivity contribution in [2.75, 3.05) is 43.0 Å². The molecular formula is C21H29N5O2. The Morgan fingerprint density at radius 1 is 1.11 bits per heavy atom. The lowest BCUT2D eigenvalue weighted by Crippen LogP contribution is -2.49. The fourth-order valence-electron chi connectivity index (χ4n) is 3.09. The molecule has 1 saturated heterocycles. The summed E-state index contributed by atoms with van der Waals surface area (Å²) in [6.45, 7) is 11.2. The molecule has 7 nitrogen and oxygen atoms in total. The Kier molecular flexibility index (Phi) is 6.02. The summed E-state index contributed by atoms with van der Waals surface area (Å²) in [5.74, 6) is 2.35. The minimum absolute atomic E-state index is 0.109. The maximum atomic E-state index is 11.9. The first-order chi connectivity index (χ1) is 13.4. The van der Waals surface area contributed by atoms with E-state index in [1.807, 2.05) is 43.3 Å². The molecule has 0 unspecified atom stereocenters. The lowest BCUT2D eigenvalue weighted by Gasteiger charge is -2.35. The van der Waals surface area contributed by atoms with E-state index in [1.54, 1.807) is 4.90 Å².